The van der Waals surface area contributed by atoms with E-state index >= 15 is 0 Å². The largest absolute Gasteiger partial charge is 0.435 e. The van der Waals surface area contributed by atoms with Crippen molar-refractivity contribution in [3.05, 3.63) is 53.6 Å². The zero-order valence-corrected chi connectivity index (χ0v) is 17.6. The van der Waals surface area contributed by atoms with Gasteiger partial charge in [-0.3, -0.25) is 9.59 Å². The number of nitrogens with one attached hydrogen (secondary N) is 3. The standard InChI is InChI=1S/C18H14ClF3N4O5S/c1-10(27)23-12-5-7-14(8-6-12)32(30,31)25-17(18(20,21)22)15(28)26(16(29)24-17)13-4-2-3-11(19)9-13/h2-9,25H,1H3,(H,23,27)(H,24,29)/t17-/m0/s1. The summed E-state index contributed by atoms with van der Waals surface area (Å²) in [6, 6.07) is 7.53. The summed E-state index contributed by atoms with van der Waals surface area (Å²) in [5.41, 5.74) is -4.05. The molecule has 9 nitrogen and oxygen atoms in total. The minimum absolute atomic E-state index is 0.0347. The van der Waals surface area contributed by atoms with Gasteiger partial charge in [-0.05, 0) is 42.5 Å². The molecule has 0 bridgehead atoms. The van der Waals surface area contributed by atoms with E-state index in [2.05, 4.69) is 5.32 Å². The van der Waals surface area contributed by atoms with Gasteiger partial charge in [-0.2, -0.15) is 17.9 Å². The van der Waals surface area contributed by atoms with Gasteiger partial charge in [0, 0.05) is 17.6 Å². The number of carbonyl (C=O) groups is 3. The molecule has 14 heteroatoms. The first-order chi connectivity index (χ1) is 14.8. The van der Waals surface area contributed by atoms with Crippen LogP contribution in [0.25, 0.3) is 0 Å². The number of amides is 4. The summed E-state index contributed by atoms with van der Waals surface area (Å²) in [6.45, 7) is 1.21. The molecule has 0 radical (unpaired) electrons. The Morgan fingerprint density at radius 2 is 1.75 bits per heavy atom. The van der Waals surface area contributed by atoms with Crippen molar-refractivity contribution in [2.75, 3.05) is 10.2 Å². The lowest BCUT2D eigenvalue weighted by atomic mass is 10.1. The van der Waals surface area contributed by atoms with Crippen LogP contribution >= 0.6 is 11.6 Å². The van der Waals surface area contributed by atoms with Crippen LogP contribution in [0.5, 0.6) is 0 Å². The molecule has 0 unspecified atom stereocenters. The molecule has 4 amide bonds. The van der Waals surface area contributed by atoms with Crippen molar-refractivity contribution in [3.63, 3.8) is 0 Å². The number of benzene rings is 2. The highest BCUT2D eigenvalue weighted by atomic mass is 35.5. The Bertz CT molecular complexity index is 1200. The zero-order valence-electron chi connectivity index (χ0n) is 16.0. The van der Waals surface area contributed by atoms with Crippen molar-refractivity contribution in [1.82, 2.24) is 10.0 Å². The molecule has 2 aromatic rings. The maximum absolute atomic E-state index is 14.0. The Morgan fingerprint density at radius 1 is 1.12 bits per heavy atom. The van der Waals surface area contributed by atoms with Gasteiger partial charge in [0.2, 0.25) is 15.9 Å². The number of imide groups is 1. The van der Waals surface area contributed by atoms with E-state index in [0.717, 1.165) is 36.4 Å². The predicted octanol–water partition coefficient (Wildman–Crippen LogP) is 2.59. The van der Waals surface area contributed by atoms with E-state index in [1.165, 1.54) is 29.1 Å². The van der Waals surface area contributed by atoms with E-state index in [4.69, 9.17) is 11.6 Å². The number of nitrogens with zero attached hydrogens (tertiary/aromatic N) is 1. The van der Waals surface area contributed by atoms with Gasteiger partial charge in [0.1, 0.15) is 0 Å². The molecule has 3 N–H and O–H groups in total. The van der Waals surface area contributed by atoms with E-state index in [1.807, 2.05) is 0 Å². The molecule has 1 heterocycles. The van der Waals surface area contributed by atoms with Crippen LogP contribution in [0.4, 0.5) is 29.3 Å². The van der Waals surface area contributed by atoms with Gasteiger partial charge in [0.25, 0.3) is 11.6 Å². The highest BCUT2D eigenvalue weighted by Crippen LogP contribution is 2.37. The minimum Gasteiger partial charge on any atom is -0.326 e. The van der Waals surface area contributed by atoms with Crippen molar-refractivity contribution >= 4 is 50.8 Å². The van der Waals surface area contributed by atoms with Crippen LogP contribution < -0.4 is 20.3 Å². The number of rotatable bonds is 5. The van der Waals surface area contributed by atoms with Crippen LogP contribution in [0.2, 0.25) is 5.02 Å². The van der Waals surface area contributed by atoms with Gasteiger partial charge >= 0.3 is 12.2 Å². The minimum atomic E-state index is -5.55. The number of halogens is 4. The van der Waals surface area contributed by atoms with Gasteiger partial charge < -0.3 is 10.6 Å². The zero-order chi connectivity index (χ0) is 23.9. The third-order valence-corrected chi connectivity index (χ3v) is 5.99. The predicted molar refractivity (Wildman–Crippen MR) is 107 cm³/mol. The lowest BCUT2D eigenvalue weighted by Gasteiger charge is -2.29. The second-order valence-corrected chi connectivity index (χ2v) is 8.73. The van der Waals surface area contributed by atoms with Gasteiger partial charge in [-0.15, -0.1) is 0 Å². The number of sulfonamides is 1. The van der Waals surface area contributed by atoms with Crippen LogP contribution in [0.15, 0.2) is 53.4 Å². The number of urea groups is 1. The third-order valence-electron chi connectivity index (χ3n) is 4.29. The van der Waals surface area contributed by atoms with Crippen LogP contribution in [0, 0.1) is 0 Å². The molecule has 2 aromatic carbocycles. The lowest BCUT2D eigenvalue weighted by Crippen LogP contribution is -2.69. The van der Waals surface area contributed by atoms with E-state index in [9.17, 15) is 36.0 Å². The van der Waals surface area contributed by atoms with Crippen molar-refractivity contribution in [1.29, 1.82) is 0 Å². The highest BCUT2D eigenvalue weighted by molar-refractivity contribution is 7.89. The van der Waals surface area contributed by atoms with Crippen LogP contribution in [-0.4, -0.2) is 38.1 Å². The lowest BCUT2D eigenvalue weighted by molar-refractivity contribution is -0.194. The van der Waals surface area contributed by atoms with Gasteiger partial charge in [0.05, 0.1) is 10.6 Å². The summed E-state index contributed by atoms with van der Waals surface area (Å²) in [6.07, 6.45) is -5.55. The first-order valence-electron chi connectivity index (χ1n) is 8.67. The number of hydrogen-bond acceptors (Lipinski definition) is 5. The Hall–Kier alpha value is -3.16. The fourth-order valence-electron chi connectivity index (χ4n) is 2.88. The van der Waals surface area contributed by atoms with Gasteiger partial charge in [-0.1, -0.05) is 17.7 Å². The van der Waals surface area contributed by atoms with Gasteiger partial charge in [-0.25, -0.2) is 18.1 Å². The molecule has 0 aromatic heterocycles. The molecule has 1 fully saturated rings. The molecular weight excluding hydrogens is 477 g/mol. The number of hydrogen-bond donors (Lipinski definition) is 3. The Morgan fingerprint density at radius 3 is 2.28 bits per heavy atom. The summed E-state index contributed by atoms with van der Waals surface area (Å²) >= 11 is 5.78. The van der Waals surface area contributed by atoms with Crippen LogP contribution in [0.3, 0.4) is 0 Å². The average Bonchev–Trinajstić information content (AvgIpc) is 2.91. The highest BCUT2D eigenvalue weighted by Gasteiger charge is 2.69. The average molecular weight is 491 g/mol. The first kappa shape index (κ1) is 23.5. The van der Waals surface area contributed by atoms with Crippen LogP contribution in [-0.2, 0) is 19.6 Å². The number of anilines is 2. The Labute approximate surface area is 184 Å². The molecule has 1 saturated heterocycles. The molecular formula is C18H14ClF3N4O5S. The van der Waals surface area contributed by atoms with E-state index in [1.54, 1.807) is 0 Å². The summed E-state index contributed by atoms with van der Waals surface area (Å²) < 4.78 is 68.6. The van der Waals surface area contributed by atoms with E-state index in [-0.39, 0.29) is 21.3 Å². The summed E-state index contributed by atoms with van der Waals surface area (Å²) in [5.74, 6) is -2.36. The van der Waals surface area contributed by atoms with Crippen molar-refractivity contribution in [2.45, 2.75) is 23.7 Å². The smallest absolute Gasteiger partial charge is 0.326 e. The fraction of sp³-hybridized carbons (Fsp3) is 0.167. The van der Waals surface area contributed by atoms with Crippen LogP contribution in [0.1, 0.15) is 6.92 Å². The monoisotopic (exact) mass is 490 g/mol. The molecule has 170 valence electrons. The number of alkyl halides is 3. The third kappa shape index (κ3) is 4.26. The van der Waals surface area contributed by atoms with E-state index in [0.29, 0.717) is 0 Å². The molecule has 1 aliphatic heterocycles. The SMILES string of the molecule is CC(=O)Nc1ccc(S(=O)(=O)N[C@@]2(C(F)(F)F)NC(=O)N(c3cccc(Cl)c3)C2=O)cc1. The Kier molecular flexibility index (Phi) is 5.93. The maximum atomic E-state index is 14.0. The second kappa shape index (κ2) is 8.07. The second-order valence-electron chi connectivity index (χ2n) is 6.61. The maximum Gasteiger partial charge on any atom is 0.435 e. The molecule has 0 saturated carbocycles. The van der Waals surface area contributed by atoms with E-state index < -0.39 is 44.6 Å². The first-order valence-corrected chi connectivity index (χ1v) is 10.5. The summed E-state index contributed by atoms with van der Waals surface area (Å²) in [4.78, 5) is 35.6. The van der Waals surface area contributed by atoms with Crippen molar-refractivity contribution in [3.8, 4) is 0 Å². The summed E-state index contributed by atoms with van der Waals surface area (Å²) in [5, 5.41) is 3.81. The quantitative estimate of drug-likeness (QED) is 0.556. The fourth-order valence-corrected chi connectivity index (χ4v) is 4.33. The van der Waals surface area contributed by atoms with Crippen molar-refractivity contribution < 1.29 is 36.0 Å². The summed E-state index contributed by atoms with van der Waals surface area (Å²) in [7, 11) is -4.97. The molecule has 0 spiro atoms. The molecule has 0 aliphatic carbocycles. The Balaban J connectivity index is 2.01. The normalized spacial score (nSPS) is 19.1. The molecule has 1 aliphatic rings. The molecule has 3 rings (SSSR count). The number of carbonyl (C=O) groups excluding carboxylic acids is 3. The van der Waals surface area contributed by atoms with Gasteiger partial charge in [0.15, 0.2) is 0 Å². The topological polar surface area (TPSA) is 125 Å². The molecule has 32 heavy (non-hydrogen) atoms. The van der Waals surface area contributed by atoms with Crippen molar-refractivity contribution in [2.24, 2.45) is 0 Å². The molecule has 1 atom stereocenters.